The average Bonchev–Trinajstić information content (AvgIpc) is 2.42. The molecule has 1 atom stereocenters. The quantitative estimate of drug-likeness (QED) is 0.646. The fourth-order valence-electron chi connectivity index (χ4n) is 1.45. The third kappa shape index (κ3) is 5.20. The Morgan fingerprint density at radius 3 is 1.83 bits per heavy atom. The minimum Gasteiger partial charge on any atom is -0.303 e. The van der Waals surface area contributed by atoms with Gasteiger partial charge in [0.25, 0.3) is 0 Å². The zero-order valence-corrected chi connectivity index (χ0v) is 12.3. The van der Waals surface area contributed by atoms with E-state index in [0.29, 0.717) is 6.29 Å². The van der Waals surface area contributed by atoms with E-state index in [1.165, 1.54) is 6.92 Å². The van der Waals surface area contributed by atoms with Crippen LogP contribution in [0.25, 0.3) is 0 Å². The maximum atomic E-state index is 12.7. The summed E-state index contributed by atoms with van der Waals surface area (Å²) in [5.41, 5.74) is -3.48. The van der Waals surface area contributed by atoms with Gasteiger partial charge >= 0.3 is 12.4 Å². The second-order valence-electron chi connectivity index (χ2n) is 4.71. The number of nitrogens with one attached hydrogen (secondary N) is 1. The van der Waals surface area contributed by atoms with Crippen LogP contribution in [0.4, 0.5) is 26.3 Å². The molecule has 0 fully saturated rings. The molecule has 1 aromatic carbocycles. The summed E-state index contributed by atoms with van der Waals surface area (Å²) in [6.07, 6.45) is -9.92. The maximum Gasteiger partial charge on any atom is 0.416 e. The minimum absolute atomic E-state index is 0.100. The molecule has 1 N–H and O–H groups in total. The van der Waals surface area contributed by atoms with Crippen LogP contribution in [0.2, 0.25) is 0 Å². The van der Waals surface area contributed by atoms with E-state index in [1.54, 1.807) is 4.72 Å². The molecular weight excluding hydrogens is 352 g/mol. The van der Waals surface area contributed by atoms with Crippen LogP contribution in [0.5, 0.6) is 0 Å². The van der Waals surface area contributed by atoms with Crippen LogP contribution >= 0.6 is 0 Å². The first-order valence-electron chi connectivity index (χ1n) is 6.02. The van der Waals surface area contributed by atoms with Gasteiger partial charge in [0.15, 0.2) is 0 Å². The summed E-state index contributed by atoms with van der Waals surface area (Å²) in [6, 6.07) is 0.0271. The van der Waals surface area contributed by atoms with Gasteiger partial charge in [-0.3, -0.25) is 0 Å². The van der Waals surface area contributed by atoms with Crippen LogP contribution in [0.3, 0.4) is 0 Å². The van der Waals surface area contributed by atoms with Crippen LogP contribution < -0.4 is 4.72 Å². The van der Waals surface area contributed by atoms with Gasteiger partial charge in [0.05, 0.1) is 16.0 Å². The number of hydrogen-bond acceptors (Lipinski definition) is 3. The molecule has 23 heavy (non-hydrogen) atoms. The van der Waals surface area contributed by atoms with Crippen molar-refractivity contribution in [3.8, 4) is 0 Å². The number of benzene rings is 1. The Hall–Kier alpha value is -1.62. The number of carbonyl (C=O) groups excluding carboxylic acids is 1. The van der Waals surface area contributed by atoms with Gasteiger partial charge in [-0.1, -0.05) is 6.92 Å². The summed E-state index contributed by atoms with van der Waals surface area (Å²) in [5, 5.41) is 0. The number of carbonyl (C=O) groups is 1. The van der Waals surface area contributed by atoms with Crippen LogP contribution in [0, 0.1) is 5.92 Å². The van der Waals surface area contributed by atoms with Crippen LogP contribution in [-0.4, -0.2) is 21.2 Å². The highest BCUT2D eigenvalue weighted by atomic mass is 32.2. The molecule has 0 radical (unpaired) electrons. The topological polar surface area (TPSA) is 63.2 Å². The monoisotopic (exact) mass is 363 g/mol. The smallest absolute Gasteiger partial charge is 0.303 e. The molecule has 11 heteroatoms. The first kappa shape index (κ1) is 19.4. The van der Waals surface area contributed by atoms with E-state index in [9.17, 15) is 39.6 Å². The molecule has 1 rings (SSSR count). The van der Waals surface area contributed by atoms with E-state index in [1.807, 2.05) is 0 Å². The second-order valence-corrected chi connectivity index (χ2v) is 6.47. The number of sulfonamides is 1. The SMILES string of the molecule is CC(C=O)CNS(=O)(=O)c1cc(C(F)(F)F)cc(C(F)(F)F)c1. The molecule has 0 aliphatic heterocycles. The fraction of sp³-hybridized carbons (Fsp3) is 0.417. The molecule has 0 aliphatic carbocycles. The average molecular weight is 363 g/mol. The van der Waals surface area contributed by atoms with Gasteiger partial charge in [-0.2, -0.15) is 26.3 Å². The second kappa shape index (κ2) is 6.48. The Kier molecular flexibility index (Phi) is 5.47. The van der Waals surface area contributed by atoms with E-state index in [4.69, 9.17) is 0 Å². The van der Waals surface area contributed by atoms with Gasteiger partial charge in [0, 0.05) is 12.5 Å². The summed E-state index contributed by atoms with van der Waals surface area (Å²) < 4.78 is 101. The number of rotatable bonds is 5. The molecule has 0 amide bonds. The fourth-order valence-corrected chi connectivity index (χ4v) is 2.67. The van der Waals surface area contributed by atoms with Crippen molar-refractivity contribution in [2.24, 2.45) is 5.92 Å². The van der Waals surface area contributed by atoms with E-state index in [2.05, 4.69) is 0 Å². The molecular formula is C12H11F6NO3S. The van der Waals surface area contributed by atoms with Crippen molar-refractivity contribution in [3.05, 3.63) is 29.3 Å². The van der Waals surface area contributed by atoms with Gasteiger partial charge in [0.2, 0.25) is 10.0 Å². The van der Waals surface area contributed by atoms with E-state index < -0.39 is 50.9 Å². The molecule has 0 aliphatic rings. The lowest BCUT2D eigenvalue weighted by atomic mass is 10.1. The number of hydrogen-bond donors (Lipinski definition) is 1. The largest absolute Gasteiger partial charge is 0.416 e. The molecule has 1 unspecified atom stereocenters. The van der Waals surface area contributed by atoms with Crippen molar-refractivity contribution in [3.63, 3.8) is 0 Å². The minimum atomic E-state index is -5.15. The predicted octanol–water partition coefficient (Wildman–Crippen LogP) is 2.84. The van der Waals surface area contributed by atoms with Crippen molar-refractivity contribution in [2.45, 2.75) is 24.2 Å². The number of halogens is 6. The lowest BCUT2D eigenvalue weighted by Crippen LogP contribution is -2.29. The van der Waals surface area contributed by atoms with E-state index in [-0.39, 0.29) is 18.2 Å². The molecule has 0 heterocycles. The summed E-state index contributed by atoms with van der Waals surface area (Å²) >= 11 is 0. The van der Waals surface area contributed by atoms with Crippen molar-refractivity contribution < 1.29 is 39.6 Å². The molecule has 4 nitrogen and oxygen atoms in total. The Labute approximate surface area is 127 Å². The Morgan fingerprint density at radius 2 is 1.48 bits per heavy atom. The first-order valence-corrected chi connectivity index (χ1v) is 7.50. The highest BCUT2D eigenvalue weighted by Gasteiger charge is 2.38. The lowest BCUT2D eigenvalue weighted by molar-refractivity contribution is -0.143. The van der Waals surface area contributed by atoms with Gasteiger partial charge in [0.1, 0.15) is 6.29 Å². The zero-order valence-electron chi connectivity index (χ0n) is 11.5. The normalized spacial score (nSPS) is 14.6. The molecule has 130 valence electrons. The maximum absolute atomic E-state index is 12.7. The van der Waals surface area contributed by atoms with Crippen LogP contribution in [0.15, 0.2) is 23.1 Å². The molecule has 0 saturated heterocycles. The highest BCUT2D eigenvalue weighted by Crippen LogP contribution is 2.37. The molecule has 0 aromatic heterocycles. The van der Waals surface area contributed by atoms with Crippen molar-refractivity contribution in [2.75, 3.05) is 6.54 Å². The standard InChI is InChI=1S/C12H11F6NO3S/c1-7(6-20)5-19-23(21,22)10-3-8(11(13,14)15)2-9(4-10)12(16,17)18/h2-4,6-7,19H,5H2,1H3. The third-order valence-corrected chi connectivity index (χ3v) is 4.10. The number of alkyl halides is 6. The van der Waals surface area contributed by atoms with Crippen LogP contribution in [-0.2, 0) is 27.2 Å². The summed E-state index contributed by atoms with van der Waals surface area (Å²) in [5.74, 6) is -0.794. The van der Waals surface area contributed by atoms with Crippen molar-refractivity contribution in [1.82, 2.24) is 4.72 Å². The van der Waals surface area contributed by atoms with Crippen molar-refractivity contribution >= 4 is 16.3 Å². The predicted molar refractivity (Wildman–Crippen MR) is 66.9 cm³/mol. The molecule has 0 bridgehead atoms. The molecule has 0 saturated carbocycles. The van der Waals surface area contributed by atoms with E-state index in [0.717, 1.165) is 0 Å². The van der Waals surface area contributed by atoms with E-state index >= 15 is 0 Å². The van der Waals surface area contributed by atoms with Crippen molar-refractivity contribution in [1.29, 1.82) is 0 Å². The summed E-state index contributed by atoms with van der Waals surface area (Å²) in [6.45, 7) is 0.867. The highest BCUT2D eigenvalue weighted by molar-refractivity contribution is 7.89. The Morgan fingerprint density at radius 1 is 1.04 bits per heavy atom. The lowest BCUT2D eigenvalue weighted by Gasteiger charge is -2.15. The van der Waals surface area contributed by atoms with Gasteiger partial charge in [-0.05, 0) is 18.2 Å². The number of aldehydes is 1. The van der Waals surface area contributed by atoms with Gasteiger partial charge in [-0.15, -0.1) is 0 Å². The molecule has 1 aromatic rings. The van der Waals surface area contributed by atoms with Crippen LogP contribution in [0.1, 0.15) is 18.1 Å². The van der Waals surface area contributed by atoms with Gasteiger partial charge < -0.3 is 4.79 Å². The van der Waals surface area contributed by atoms with Gasteiger partial charge in [-0.25, -0.2) is 13.1 Å². The Balaban J connectivity index is 3.37. The zero-order chi connectivity index (χ0) is 18.1. The third-order valence-electron chi connectivity index (χ3n) is 2.70. The Bertz CT molecular complexity index is 649. The summed E-state index contributed by atoms with van der Waals surface area (Å²) in [4.78, 5) is 9.21. The molecule has 0 spiro atoms. The summed E-state index contributed by atoms with van der Waals surface area (Å²) in [7, 11) is -4.64. The first-order chi connectivity index (χ1) is 10.3.